The zero-order valence-corrected chi connectivity index (χ0v) is 27.5. The molecular weight excluding hydrogens is 579 g/mol. The Labute approximate surface area is 267 Å². The van der Waals surface area contributed by atoms with Crippen molar-refractivity contribution in [3.05, 3.63) is 99.7 Å². The lowest BCUT2D eigenvalue weighted by Gasteiger charge is -2.34. The number of piperazine rings is 1. The molecule has 1 saturated heterocycles. The van der Waals surface area contributed by atoms with Crippen molar-refractivity contribution in [2.24, 2.45) is 0 Å². The minimum atomic E-state index is 0.473. The van der Waals surface area contributed by atoms with Crippen LogP contribution in [0.1, 0.15) is 37.0 Å². The molecule has 0 atom stereocenters. The van der Waals surface area contributed by atoms with Crippen LogP contribution >= 0.6 is 23.2 Å². The van der Waals surface area contributed by atoms with Crippen molar-refractivity contribution in [3.8, 4) is 5.75 Å². The maximum absolute atomic E-state index is 9.96. The van der Waals surface area contributed by atoms with Gasteiger partial charge in [-0.15, -0.1) is 0 Å². The number of hydrogen-bond acceptors (Lipinski definition) is 4. The van der Waals surface area contributed by atoms with Gasteiger partial charge in [-0.2, -0.15) is 0 Å². The number of aryl methyl sites for hydroxylation is 2. The first kappa shape index (κ1) is 34.5. The van der Waals surface area contributed by atoms with Crippen LogP contribution in [0.3, 0.4) is 0 Å². The molecule has 0 saturated carbocycles. The van der Waals surface area contributed by atoms with Crippen molar-refractivity contribution in [1.29, 1.82) is 0 Å². The first-order valence-electron chi connectivity index (χ1n) is 15.2. The standard InChI is InChI=1S/C25H33N3O.C8H7Cl2NO.C2H6/c1-21-20-28(25-23(21)10-6-11-24(25)29-2)14-7-13-26-16-18-27(19-17-26)15-12-22-8-4-3-5-9-22;9-7-2-1-6(3-8(7)10)4-11-5-12;1-2/h3-6,8-11,20H,7,12-19H2,1-2H3;1-3,5H,4H2,(H,11,12);1-2H3. The second kappa shape index (κ2) is 18.6. The second-order valence-electron chi connectivity index (χ2n) is 10.4. The number of ether oxygens (including phenoxy) is 1. The Kier molecular flexibility index (Phi) is 14.9. The number of aromatic nitrogens is 1. The van der Waals surface area contributed by atoms with Gasteiger partial charge in [0, 0.05) is 57.4 Å². The lowest BCUT2D eigenvalue weighted by molar-refractivity contribution is -0.109. The summed E-state index contributed by atoms with van der Waals surface area (Å²) in [6, 6.07) is 22.4. The van der Waals surface area contributed by atoms with Gasteiger partial charge in [0.2, 0.25) is 6.41 Å². The molecule has 1 aliphatic heterocycles. The van der Waals surface area contributed by atoms with E-state index in [9.17, 15) is 4.79 Å². The number of halogens is 2. The van der Waals surface area contributed by atoms with Crippen molar-refractivity contribution in [1.82, 2.24) is 19.7 Å². The molecule has 2 heterocycles. The van der Waals surface area contributed by atoms with E-state index in [2.05, 4.69) is 81.3 Å². The summed E-state index contributed by atoms with van der Waals surface area (Å²) in [6.45, 7) is 14.8. The number of para-hydroxylation sites is 1. The van der Waals surface area contributed by atoms with E-state index < -0.39 is 0 Å². The fourth-order valence-corrected chi connectivity index (χ4v) is 5.61. The summed E-state index contributed by atoms with van der Waals surface area (Å²) in [4.78, 5) is 15.2. The molecule has 1 N–H and O–H groups in total. The number of rotatable bonds is 11. The molecule has 6 nitrogen and oxygen atoms in total. The molecular formula is C35H46Cl2N4O2. The number of benzene rings is 3. The average Bonchev–Trinajstić information content (AvgIpc) is 3.38. The van der Waals surface area contributed by atoms with Gasteiger partial charge in [0.05, 0.1) is 22.7 Å². The SMILES string of the molecule is CC.COc1cccc2c(C)cn(CCCN3CCN(CCc4ccccc4)CC3)c12.O=CNCc1ccc(Cl)c(Cl)c1. The van der Waals surface area contributed by atoms with Crippen LogP contribution in [-0.2, 0) is 24.3 Å². The summed E-state index contributed by atoms with van der Waals surface area (Å²) in [5.41, 5.74) is 4.93. The molecule has 1 aromatic heterocycles. The predicted octanol–water partition coefficient (Wildman–Crippen LogP) is 7.47. The van der Waals surface area contributed by atoms with Crippen LogP contribution in [0.15, 0.2) is 72.9 Å². The summed E-state index contributed by atoms with van der Waals surface area (Å²) < 4.78 is 7.98. The molecule has 1 fully saturated rings. The van der Waals surface area contributed by atoms with E-state index in [0.717, 1.165) is 24.3 Å². The van der Waals surface area contributed by atoms with E-state index in [0.29, 0.717) is 23.0 Å². The molecule has 0 spiro atoms. The Balaban J connectivity index is 0.000000303. The van der Waals surface area contributed by atoms with Crippen molar-refractivity contribution >= 4 is 40.5 Å². The molecule has 232 valence electrons. The molecule has 0 radical (unpaired) electrons. The number of nitrogens with one attached hydrogen (secondary N) is 1. The fraction of sp³-hybridized carbons (Fsp3) is 0.400. The van der Waals surface area contributed by atoms with E-state index in [1.165, 1.54) is 67.7 Å². The third-order valence-corrected chi connectivity index (χ3v) is 8.29. The molecule has 1 amide bonds. The van der Waals surface area contributed by atoms with Gasteiger partial charge in [0.25, 0.3) is 0 Å². The average molecular weight is 626 g/mol. The van der Waals surface area contributed by atoms with E-state index in [4.69, 9.17) is 27.9 Å². The maximum Gasteiger partial charge on any atom is 0.207 e. The highest BCUT2D eigenvalue weighted by molar-refractivity contribution is 6.42. The number of nitrogens with zero attached hydrogens (tertiary/aromatic N) is 3. The van der Waals surface area contributed by atoms with E-state index in [1.54, 1.807) is 19.2 Å². The van der Waals surface area contributed by atoms with Crippen LogP contribution in [0.2, 0.25) is 10.0 Å². The number of carbonyl (C=O) groups is 1. The normalized spacial score (nSPS) is 13.4. The van der Waals surface area contributed by atoms with Crippen LogP contribution in [0.4, 0.5) is 0 Å². The number of carbonyl (C=O) groups excluding carboxylic acids is 1. The molecule has 0 aliphatic carbocycles. The molecule has 3 aromatic carbocycles. The highest BCUT2D eigenvalue weighted by Gasteiger charge is 2.17. The van der Waals surface area contributed by atoms with Crippen molar-refractivity contribution in [2.75, 3.05) is 46.4 Å². The van der Waals surface area contributed by atoms with Gasteiger partial charge in [-0.25, -0.2) is 0 Å². The Bertz CT molecular complexity index is 1390. The lowest BCUT2D eigenvalue weighted by Crippen LogP contribution is -2.47. The number of amides is 1. The van der Waals surface area contributed by atoms with Crippen LogP contribution in [0.25, 0.3) is 10.9 Å². The Morgan fingerprint density at radius 1 is 0.837 bits per heavy atom. The Morgan fingerprint density at radius 3 is 2.19 bits per heavy atom. The summed E-state index contributed by atoms with van der Waals surface area (Å²) >= 11 is 11.4. The largest absolute Gasteiger partial charge is 0.495 e. The van der Waals surface area contributed by atoms with Gasteiger partial charge < -0.3 is 24.4 Å². The molecule has 8 heteroatoms. The smallest absolute Gasteiger partial charge is 0.207 e. The van der Waals surface area contributed by atoms with E-state index >= 15 is 0 Å². The number of hydrogen-bond donors (Lipinski definition) is 1. The zero-order valence-electron chi connectivity index (χ0n) is 26.0. The van der Waals surface area contributed by atoms with Gasteiger partial charge in [-0.3, -0.25) is 4.79 Å². The first-order chi connectivity index (χ1) is 21.0. The predicted molar refractivity (Wildman–Crippen MR) is 182 cm³/mol. The Morgan fingerprint density at radius 2 is 1.53 bits per heavy atom. The van der Waals surface area contributed by atoms with Crippen LogP contribution < -0.4 is 10.1 Å². The van der Waals surface area contributed by atoms with Gasteiger partial charge in [0.1, 0.15) is 5.75 Å². The highest BCUT2D eigenvalue weighted by Crippen LogP contribution is 2.29. The van der Waals surface area contributed by atoms with Crippen LogP contribution in [0.5, 0.6) is 5.75 Å². The van der Waals surface area contributed by atoms with Crippen LogP contribution in [0, 0.1) is 6.92 Å². The molecule has 5 rings (SSSR count). The first-order valence-corrected chi connectivity index (χ1v) is 16.0. The van der Waals surface area contributed by atoms with E-state index in [-0.39, 0.29) is 0 Å². The third-order valence-electron chi connectivity index (χ3n) is 7.55. The van der Waals surface area contributed by atoms with Gasteiger partial charge in [-0.05, 0) is 61.2 Å². The van der Waals surface area contributed by atoms with Crippen LogP contribution in [-0.4, -0.2) is 67.2 Å². The molecule has 43 heavy (non-hydrogen) atoms. The van der Waals surface area contributed by atoms with Gasteiger partial charge in [0.15, 0.2) is 0 Å². The van der Waals surface area contributed by atoms with Crippen molar-refractivity contribution < 1.29 is 9.53 Å². The summed E-state index contributed by atoms with van der Waals surface area (Å²) in [5, 5.41) is 4.85. The summed E-state index contributed by atoms with van der Waals surface area (Å²) in [6.07, 6.45) is 5.24. The minimum Gasteiger partial charge on any atom is -0.495 e. The maximum atomic E-state index is 9.96. The monoisotopic (exact) mass is 624 g/mol. The highest BCUT2D eigenvalue weighted by atomic mass is 35.5. The van der Waals surface area contributed by atoms with E-state index in [1.807, 2.05) is 19.9 Å². The molecule has 4 aromatic rings. The lowest BCUT2D eigenvalue weighted by atomic mass is 10.1. The topological polar surface area (TPSA) is 49.7 Å². The van der Waals surface area contributed by atoms with Crippen molar-refractivity contribution in [3.63, 3.8) is 0 Å². The molecule has 0 bridgehead atoms. The molecule has 1 aliphatic rings. The summed E-state index contributed by atoms with van der Waals surface area (Å²) in [7, 11) is 1.76. The third kappa shape index (κ3) is 10.6. The van der Waals surface area contributed by atoms with Crippen molar-refractivity contribution in [2.45, 2.75) is 46.7 Å². The summed E-state index contributed by atoms with van der Waals surface area (Å²) in [5.74, 6) is 0.975. The quantitative estimate of drug-likeness (QED) is 0.176. The fourth-order valence-electron chi connectivity index (χ4n) is 5.29. The number of methoxy groups -OCH3 is 1. The zero-order chi connectivity index (χ0) is 31.0. The minimum absolute atomic E-state index is 0.473. The second-order valence-corrected chi connectivity index (χ2v) is 11.2. The Hall–Kier alpha value is -3.03. The number of fused-ring (bicyclic) bond motifs is 1. The molecule has 0 unspecified atom stereocenters. The van der Waals surface area contributed by atoms with Gasteiger partial charge in [-0.1, -0.05) is 85.6 Å². The van der Waals surface area contributed by atoms with Gasteiger partial charge >= 0.3 is 0 Å².